The van der Waals surface area contributed by atoms with Crippen LogP contribution in [-0.4, -0.2) is 0 Å². The molecule has 14 heavy (non-hydrogen) atoms. The minimum atomic E-state index is 0.754. The van der Waals surface area contributed by atoms with E-state index in [2.05, 4.69) is 22.0 Å². The molecule has 0 atom stereocenters. The highest BCUT2D eigenvalue weighted by Crippen LogP contribution is 2.28. The summed E-state index contributed by atoms with van der Waals surface area (Å²) >= 11 is 9.28. The lowest BCUT2D eigenvalue weighted by molar-refractivity contribution is 1.57. The van der Waals surface area contributed by atoms with Crippen LogP contribution in [0.4, 0.5) is 0 Å². The molecule has 0 saturated carbocycles. The molecule has 0 amide bonds. The van der Waals surface area contributed by atoms with Gasteiger partial charge in [-0.25, -0.2) is 0 Å². The number of hydrogen-bond acceptors (Lipinski definition) is 0. The number of rotatable bonds is 1. The van der Waals surface area contributed by atoms with Crippen molar-refractivity contribution in [1.82, 2.24) is 0 Å². The van der Waals surface area contributed by atoms with Crippen molar-refractivity contribution in [3.63, 3.8) is 0 Å². The van der Waals surface area contributed by atoms with Crippen molar-refractivity contribution in [2.24, 2.45) is 0 Å². The van der Waals surface area contributed by atoms with Gasteiger partial charge in [-0.15, -0.1) is 0 Å². The Morgan fingerprint density at radius 3 is 2.43 bits per heavy atom. The van der Waals surface area contributed by atoms with Crippen LogP contribution in [0.15, 0.2) is 46.9 Å². The molecule has 0 unspecified atom stereocenters. The first kappa shape index (κ1) is 9.75. The Kier molecular flexibility index (Phi) is 2.90. The third kappa shape index (κ3) is 1.99. The van der Waals surface area contributed by atoms with E-state index in [0.29, 0.717) is 0 Å². The van der Waals surface area contributed by atoms with E-state index in [1.807, 2.05) is 42.5 Å². The van der Waals surface area contributed by atoms with Crippen LogP contribution in [0.2, 0.25) is 5.02 Å². The van der Waals surface area contributed by atoms with Crippen molar-refractivity contribution in [3.8, 4) is 11.1 Å². The zero-order chi connectivity index (χ0) is 9.97. The zero-order valence-corrected chi connectivity index (χ0v) is 9.64. The Morgan fingerprint density at radius 1 is 1.07 bits per heavy atom. The zero-order valence-electron chi connectivity index (χ0n) is 7.30. The summed E-state index contributed by atoms with van der Waals surface area (Å²) in [6.45, 7) is 0. The van der Waals surface area contributed by atoms with Gasteiger partial charge in [-0.2, -0.15) is 0 Å². The van der Waals surface area contributed by atoms with Crippen LogP contribution in [0.25, 0.3) is 11.1 Å². The van der Waals surface area contributed by atoms with E-state index in [-0.39, 0.29) is 0 Å². The van der Waals surface area contributed by atoms with Gasteiger partial charge < -0.3 is 0 Å². The summed E-state index contributed by atoms with van der Waals surface area (Å²) < 4.78 is 0.974. The molecule has 1 radical (unpaired) electrons. The predicted molar refractivity (Wildman–Crippen MR) is 63.4 cm³/mol. The standard InChI is InChI=1S/C12H7BrCl/c13-12-4-2-1-3-11(12)9-5-7-10(14)8-6-9/h1-3,5-8H. The summed E-state index contributed by atoms with van der Waals surface area (Å²) in [5.74, 6) is 0. The topological polar surface area (TPSA) is 0 Å². The first-order valence-corrected chi connectivity index (χ1v) is 5.36. The number of halogens is 2. The number of benzene rings is 2. The van der Waals surface area contributed by atoms with E-state index in [1.54, 1.807) is 0 Å². The predicted octanol–water partition coefficient (Wildman–Crippen LogP) is 4.57. The van der Waals surface area contributed by atoms with Crippen LogP contribution in [0.5, 0.6) is 0 Å². The van der Waals surface area contributed by atoms with E-state index >= 15 is 0 Å². The van der Waals surface area contributed by atoms with Gasteiger partial charge in [0.25, 0.3) is 0 Å². The molecule has 0 nitrogen and oxygen atoms in total. The van der Waals surface area contributed by atoms with Gasteiger partial charge in [0.1, 0.15) is 0 Å². The first-order valence-electron chi connectivity index (χ1n) is 4.19. The average Bonchev–Trinajstić information content (AvgIpc) is 2.20. The largest absolute Gasteiger partial charge is 0.0843 e. The molecular formula is C12H7BrCl. The molecule has 69 valence electrons. The monoisotopic (exact) mass is 265 g/mol. The van der Waals surface area contributed by atoms with Crippen LogP contribution >= 0.6 is 27.5 Å². The van der Waals surface area contributed by atoms with Crippen LogP contribution in [0.3, 0.4) is 0 Å². The fourth-order valence-electron chi connectivity index (χ4n) is 1.27. The molecule has 0 N–H and O–H groups in total. The highest BCUT2D eigenvalue weighted by atomic mass is 79.9. The van der Waals surface area contributed by atoms with Gasteiger partial charge in [0.2, 0.25) is 0 Å². The number of hydrogen-bond donors (Lipinski definition) is 0. The molecule has 0 bridgehead atoms. The van der Waals surface area contributed by atoms with Crippen molar-refractivity contribution in [2.45, 2.75) is 0 Å². The molecule has 0 aliphatic heterocycles. The average molecular weight is 267 g/mol. The van der Waals surface area contributed by atoms with E-state index in [4.69, 9.17) is 11.6 Å². The molecule has 0 spiro atoms. The van der Waals surface area contributed by atoms with Crippen molar-refractivity contribution in [1.29, 1.82) is 0 Å². The third-order valence-electron chi connectivity index (χ3n) is 1.96. The van der Waals surface area contributed by atoms with Crippen molar-refractivity contribution < 1.29 is 0 Å². The Bertz CT molecular complexity index is 434. The maximum Gasteiger partial charge on any atom is 0.0406 e. The van der Waals surface area contributed by atoms with Gasteiger partial charge >= 0.3 is 0 Å². The van der Waals surface area contributed by atoms with E-state index in [1.165, 1.54) is 0 Å². The summed E-state index contributed by atoms with van der Waals surface area (Å²) in [4.78, 5) is 0. The minimum absolute atomic E-state index is 0.754. The lowest BCUT2D eigenvalue weighted by Crippen LogP contribution is -1.78. The van der Waals surface area contributed by atoms with Crippen LogP contribution in [0, 0.1) is 6.07 Å². The van der Waals surface area contributed by atoms with E-state index in [0.717, 1.165) is 20.6 Å². The summed E-state index contributed by atoms with van der Waals surface area (Å²) in [6, 6.07) is 16.8. The molecule has 0 aliphatic carbocycles. The van der Waals surface area contributed by atoms with E-state index in [9.17, 15) is 0 Å². The Hall–Kier alpha value is -0.790. The normalized spacial score (nSPS) is 10.1. The first-order chi connectivity index (χ1) is 6.77. The molecule has 0 aromatic heterocycles. The fourth-order valence-corrected chi connectivity index (χ4v) is 1.89. The van der Waals surface area contributed by atoms with Gasteiger partial charge in [-0.05, 0) is 45.3 Å². The van der Waals surface area contributed by atoms with Crippen molar-refractivity contribution in [2.75, 3.05) is 0 Å². The lowest BCUT2D eigenvalue weighted by Gasteiger charge is -2.03. The molecule has 0 aliphatic rings. The summed E-state index contributed by atoms with van der Waals surface area (Å²) in [7, 11) is 0. The SMILES string of the molecule is Clc1ccc(-c2ccc[c]c2Br)cc1. The van der Waals surface area contributed by atoms with Crippen molar-refractivity contribution >= 4 is 27.5 Å². The Morgan fingerprint density at radius 2 is 1.79 bits per heavy atom. The Balaban J connectivity index is 2.50. The highest BCUT2D eigenvalue weighted by molar-refractivity contribution is 9.10. The van der Waals surface area contributed by atoms with E-state index < -0.39 is 0 Å². The summed E-state index contributed by atoms with van der Waals surface area (Å²) in [6.07, 6.45) is 0. The second kappa shape index (κ2) is 4.16. The molecule has 0 saturated heterocycles. The van der Waals surface area contributed by atoms with Crippen LogP contribution in [0.1, 0.15) is 0 Å². The van der Waals surface area contributed by atoms with Crippen molar-refractivity contribution in [3.05, 3.63) is 58.0 Å². The Labute approximate surface area is 96.7 Å². The minimum Gasteiger partial charge on any atom is -0.0843 e. The quantitative estimate of drug-likeness (QED) is 0.709. The van der Waals surface area contributed by atoms with Crippen LogP contribution < -0.4 is 0 Å². The molecule has 2 rings (SSSR count). The smallest absolute Gasteiger partial charge is 0.0406 e. The lowest BCUT2D eigenvalue weighted by atomic mass is 10.1. The summed E-state index contributed by atoms with van der Waals surface area (Å²) in [5, 5.41) is 0.754. The highest BCUT2D eigenvalue weighted by Gasteiger charge is 2.01. The molecule has 0 heterocycles. The fraction of sp³-hybridized carbons (Fsp3) is 0. The molecule has 2 aromatic carbocycles. The molecule has 2 aromatic rings. The van der Waals surface area contributed by atoms with Gasteiger partial charge in [0, 0.05) is 9.50 Å². The summed E-state index contributed by atoms with van der Waals surface area (Å²) in [5.41, 5.74) is 2.27. The molecule has 0 fully saturated rings. The van der Waals surface area contributed by atoms with Gasteiger partial charge in [-0.1, -0.05) is 41.9 Å². The van der Waals surface area contributed by atoms with Crippen LogP contribution in [-0.2, 0) is 0 Å². The van der Waals surface area contributed by atoms with Gasteiger partial charge in [0.15, 0.2) is 0 Å². The maximum atomic E-state index is 5.82. The second-order valence-corrected chi connectivity index (χ2v) is 4.13. The third-order valence-corrected chi connectivity index (χ3v) is 2.87. The molecule has 2 heteroatoms. The van der Waals surface area contributed by atoms with Gasteiger partial charge in [0.05, 0.1) is 0 Å². The second-order valence-electron chi connectivity index (χ2n) is 2.90. The maximum absolute atomic E-state index is 5.82. The molecular weight excluding hydrogens is 259 g/mol. The van der Waals surface area contributed by atoms with Gasteiger partial charge in [-0.3, -0.25) is 0 Å².